The molecule has 2 nitrogen and oxygen atoms in total. The van der Waals surface area contributed by atoms with Crippen LogP contribution in [0.3, 0.4) is 0 Å². The van der Waals surface area contributed by atoms with Gasteiger partial charge in [0.2, 0.25) is 0 Å². The van der Waals surface area contributed by atoms with E-state index >= 15 is 0 Å². The average molecular weight is 740 g/mol. The van der Waals surface area contributed by atoms with Crippen molar-refractivity contribution in [3.05, 3.63) is 224 Å². The van der Waals surface area contributed by atoms with Crippen molar-refractivity contribution in [3.8, 4) is 44.5 Å². The molecule has 0 atom stereocenters. The first kappa shape index (κ1) is 33.6. The summed E-state index contributed by atoms with van der Waals surface area (Å²) in [5, 5.41) is 6.91. The predicted octanol–water partition coefficient (Wildman–Crippen LogP) is 16.0. The van der Waals surface area contributed by atoms with Gasteiger partial charge in [-0.2, -0.15) is 0 Å². The normalized spacial score (nSPS) is 11.4. The Balaban J connectivity index is 1.11. The van der Waals surface area contributed by atoms with Crippen LogP contribution in [0.1, 0.15) is 0 Å². The van der Waals surface area contributed by atoms with E-state index in [1.165, 1.54) is 38.6 Å². The average Bonchev–Trinajstić information content (AvgIpc) is 3.71. The number of hydrogen-bond acceptors (Lipinski definition) is 2. The summed E-state index contributed by atoms with van der Waals surface area (Å²) in [4.78, 5) is 2.34. The highest BCUT2D eigenvalue weighted by Gasteiger charge is 2.23. The minimum absolute atomic E-state index is 0.851. The van der Waals surface area contributed by atoms with Crippen molar-refractivity contribution in [3.63, 3.8) is 0 Å². The lowest BCUT2D eigenvalue weighted by Crippen LogP contribution is -2.10. The van der Waals surface area contributed by atoms with Crippen LogP contribution in [-0.2, 0) is 0 Å². The molecule has 58 heavy (non-hydrogen) atoms. The number of benzene rings is 10. The molecule has 1 aromatic heterocycles. The van der Waals surface area contributed by atoms with Crippen molar-refractivity contribution < 1.29 is 4.42 Å². The molecule has 0 aliphatic carbocycles. The fraction of sp³-hybridized carbons (Fsp3) is 0. The summed E-state index contributed by atoms with van der Waals surface area (Å²) in [5.41, 5.74) is 14.2. The zero-order chi connectivity index (χ0) is 38.4. The van der Waals surface area contributed by atoms with E-state index in [0.717, 1.165) is 66.5 Å². The van der Waals surface area contributed by atoms with E-state index in [2.05, 4.69) is 229 Å². The summed E-state index contributed by atoms with van der Waals surface area (Å²) in [7, 11) is 0. The number of fused-ring (bicyclic) bond motifs is 6. The van der Waals surface area contributed by atoms with Crippen LogP contribution in [-0.4, -0.2) is 0 Å². The third-order valence-electron chi connectivity index (χ3n) is 11.5. The molecule has 0 aliphatic rings. The van der Waals surface area contributed by atoms with Crippen molar-refractivity contribution in [2.75, 3.05) is 4.90 Å². The van der Waals surface area contributed by atoms with Gasteiger partial charge in [0.1, 0.15) is 5.58 Å². The van der Waals surface area contributed by atoms with E-state index < -0.39 is 0 Å². The zero-order valence-corrected chi connectivity index (χ0v) is 31.7. The Labute approximate surface area is 337 Å². The Morgan fingerprint density at radius 3 is 1.50 bits per heavy atom. The second-order valence-corrected chi connectivity index (χ2v) is 14.9. The van der Waals surface area contributed by atoms with Crippen LogP contribution in [0.25, 0.3) is 88.0 Å². The van der Waals surface area contributed by atoms with Gasteiger partial charge in [-0.25, -0.2) is 0 Å². The van der Waals surface area contributed by atoms with Crippen molar-refractivity contribution in [1.29, 1.82) is 0 Å². The molecule has 0 bridgehead atoms. The van der Waals surface area contributed by atoms with E-state index in [-0.39, 0.29) is 0 Å². The second-order valence-electron chi connectivity index (χ2n) is 14.9. The van der Waals surface area contributed by atoms with Crippen LogP contribution in [0.15, 0.2) is 229 Å². The van der Waals surface area contributed by atoms with Gasteiger partial charge in [-0.05, 0) is 109 Å². The quantitative estimate of drug-likeness (QED) is 0.162. The Morgan fingerprint density at radius 1 is 0.293 bits per heavy atom. The number of furan rings is 1. The Hall–Kier alpha value is -7.68. The molecule has 0 aliphatic heterocycles. The van der Waals surface area contributed by atoms with Gasteiger partial charge in [0.15, 0.2) is 5.58 Å². The maximum atomic E-state index is 7.17. The zero-order valence-electron chi connectivity index (χ0n) is 31.7. The SMILES string of the molecule is c1ccc(-c2ccc(N(c3ccc(-c4cccc(-c5ccccc5)c4)cc3)c3ccc(-c4ccc5ccccc5c4)c4c3oc3c5ccccc5ccc34)cc2)cc1. The molecule has 0 saturated carbocycles. The van der Waals surface area contributed by atoms with Gasteiger partial charge < -0.3 is 9.32 Å². The van der Waals surface area contributed by atoms with E-state index in [1.807, 2.05) is 0 Å². The molecule has 0 fully saturated rings. The van der Waals surface area contributed by atoms with Crippen molar-refractivity contribution in [2.45, 2.75) is 0 Å². The molecule has 11 rings (SSSR count). The van der Waals surface area contributed by atoms with Gasteiger partial charge >= 0.3 is 0 Å². The summed E-state index contributed by atoms with van der Waals surface area (Å²) < 4.78 is 7.17. The van der Waals surface area contributed by atoms with E-state index in [1.54, 1.807) is 0 Å². The summed E-state index contributed by atoms with van der Waals surface area (Å²) >= 11 is 0. The smallest absolute Gasteiger partial charge is 0.160 e. The molecule has 2 heteroatoms. The third-order valence-corrected chi connectivity index (χ3v) is 11.5. The monoisotopic (exact) mass is 739 g/mol. The standard InChI is InChI=1S/C56H37NO/c1-3-12-38(13-4-1)41-24-29-48(30-25-41)57(49-31-26-42(27-32-49)46-20-11-19-45(36-46)39-14-5-2-6-15-39)53-35-34-50(47-23-22-40-16-7-8-18-44(40)37-47)54-52-33-28-43-17-9-10-21-51(43)55(52)58-56(53)54/h1-37H. The van der Waals surface area contributed by atoms with Crippen LogP contribution >= 0.6 is 0 Å². The molecule has 0 unspecified atom stereocenters. The highest BCUT2D eigenvalue weighted by Crippen LogP contribution is 2.47. The van der Waals surface area contributed by atoms with Gasteiger partial charge in [0, 0.05) is 27.5 Å². The van der Waals surface area contributed by atoms with E-state index in [0.29, 0.717) is 0 Å². The number of anilines is 3. The predicted molar refractivity (Wildman–Crippen MR) is 245 cm³/mol. The molecular formula is C56H37NO. The van der Waals surface area contributed by atoms with Crippen molar-refractivity contribution in [1.82, 2.24) is 0 Å². The lowest BCUT2D eigenvalue weighted by Gasteiger charge is -2.26. The Morgan fingerprint density at radius 2 is 0.810 bits per heavy atom. The summed E-state index contributed by atoms with van der Waals surface area (Å²) in [6.45, 7) is 0. The van der Waals surface area contributed by atoms with Crippen molar-refractivity contribution >= 4 is 60.5 Å². The topological polar surface area (TPSA) is 16.4 Å². The molecule has 272 valence electrons. The first-order valence-electron chi connectivity index (χ1n) is 19.8. The third kappa shape index (κ3) is 5.91. The van der Waals surface area contributed by atoms with Crippen LogP contribution in [0.5, 0.6) is 0 Å². The maximum absolute atomic E-state index is 7.17. The number of nitrogens with zero attached hydrogens (tertiary/aromatic N) is 1. The van der Waals surface area contributed by atoms with Crippen LogP contribution in [0, 0.1) is 0 Å². The van der Waals surface area contributed by atoms with E-state index in [9.17, 15) is 0 Å². The first-order valence-corrected chi connectivity index (χ1v) is 19.8. The molecule has 0 radical (unpaired) electrons. The molecular weight excluding hydrogens is 703 g/mol. The molecule has 0 amide bonds. The first-order chi connectivity index (χ1) is 28.7. The van der Waals surface area contributed by atoms with Gasteiger partial charge in [-0.15, -0.1) is 0 Å². The lowest BCUT2D eigenvalue weighted by atomic mass is 9.95. The minimum Gasteiger partial charge on any atom is -0.453 e. The minimum atomic E-state index is 0.851. The fourth-order valence-electron chi connectivity index (χ4n) is 8.54. The fourth-order valence-corrected chi connectivity index (χ4v) is 8.54. The summed E-state index contributed by atoms with van der Waals surface area (Å²) in [5.74, 6) is 0. The number of rotatable bonds is 7. The Bertz CT molecular complexity index is 3250. The lowest BCUT2D eigenvalue weighted by molar-refractivity contribution is 0.673. The maximum Gasteiger partial charge on any atom is 0.160 e. The molecule has 10 aromatic carbocycles. The van der Waals surface area contributed by atoms with Gasteiger partial charge in [0.25, 0.3) is 0 Å². The molecule has 1 heterocycles. The molecule has 0 spiro atoms. The molecule has 11 aromatic rings. The van der Waals surface area contributed by atoms with Crippen LogP contribution in [0.4, 0.5) is 17.1 Å². The summed E-state index contributed by atoms with van der Waals surface area (Å²) in [6, 6.07) is 80.5. The number of hydrogen-bond donors (Lipinski definition) is 0. The van der Waals surface area contributed by atoms with Gasteiger partial charge in [-0.1, -0.05) is 176 Å². The largest absolute Gasteiger partial charge is 0.453 e. The van der Waals surface area contributed by atoms with Crippen molar-refractivity contribution in [2.24, 2.45) is 0 Å². The highest BCUT2D eigenvalue weighted by molar-refractivity contribution is 6.22. The van der Waals surface area contributed by atoms with E-state index in [4.69, 9.17) is 4.42 Å². The van der Waals surface area contributed by atoms with Gasteiger partial charge in [0.05, 0.1) is 5.69 Å². The van der Waals surface area contributed by atoms with Crippen LogP contribution < -0.4 is 4.90 Å². The second kappa shape index (κ2) is 14.1. The highest BCUT2D eigenvalue weighted by atomic mass is 16.3. The van der Waals surface area contributed by atoms with Gasteiger partial charge in [-0.3, -0.25) is 0 Å². The summed E-state index contributed by atoms with van der Waals surface area (Å²) in [6.07, 6.45) is 0. The molecule has 0 saturated heterocycles. The Kier molecular flexibility index (Phi) is 8.19. The van der Waals surface area contributed by atoms with Crippen LogP contribution in [0.2, 0.25) is 0 Å². The molecule has 0 N–H and O–H groups in total.